The van der Waals surface area contributed by atoms with Crippen LogP contribution in [0.5, 0.6) is 0 Å². The number of rotatable bonds is 2. The number of nitrogens with one attached hydrogen (secondary N) is 2. The third-order valence-electron chi connectivity index (χ3n) is 3.36. The van der Waals surface area contributed by atoms with Gasteiger partial charge in [0.1, 0.15) is 0 Å². The van der Waals surface area contributed by atoms with Crippen molar-refractivity contribution in [2.24, 2.45) is 5.41 Å². The molecule has 0 atom stereocenters. The van der Waals surface area contributed by atoms with Crippen LogP contribution < -0.4 is 10.6 Å². The highest BCUT2D eigenvalue weighted by molar-refractivity contribution is 5.74. The van der Waals surface area contributed by atoms with Gasteiger partial charge in [-0.3, -0.25) is 0 Å². The van der Waals surface area contributed by atoms with Gasteiger partial charge in [-0.05, 0) is 59.2 Å². The van der Waals surface area contributed by atoms with E-state index in [-0.39, 0.29) is 17.0 Å². The topological polar surface area (TPSA) is 44.4 Å². The smallest absolute Gasteiger partial charge is 0.315 e. The average Bonchev–Trinajstić information content (AvgIpc) is 2.18. The van der Waals surface area contributed by atoms with Crippen LogP contribution in [0, 0.1) is 5.41 Å². The van der Waals surface area contributed by atoms with E-state index in [4.69, 9.17) is 0 Å². The number of nitrogens with zero attached hydrogens (tertiary/aromatic N) is 1. The molecule has 1 aliphatic heterocycles. The molecule has 0 unspecified atom stereocenters. The molecular weight excluding hydrogens is 214 g/mol. The Kier molecular flexibility index (Phi) is 4.42. The molecule has 0 bridgehead atoms. The second kappa shape index (κ2) is 5.25. The Morgan fingerprint density at radius 2 is 1.82 bits per heavy atom. The van der Waals surface area contributed by atoms with E-state index in [2.05, 4.69) is 29.5 Å². The van der Waals surface area contributed by atoms with Gasteiger partial charge < -0.3 is 15.5 Å². The highest BCUT2D eigenvalue weighted by Gasteiger charge is 2.29. The standard InChI is InChI=1S/C13H27N3O/c1-12(2,3)15-11(17)14-10-13(4)6-8-16(5)9-7-13/h6-10H2,1-5H3,(H2,14,15,17). The molecule has 1 heterocycles. The summed E-state index contributed by atoms with van der Waals surface area (Å²) >= 11 is 0. The van der Waals surface area contributed by atoms with E-state index in [1.807, 2.05) is 20.8 Å². The Morgan fingerprint density at radius 1 is 1.29 bits per heavy atom. The largest absolute Gasteiger partial charge is 0.338 e. The first kappa shape index (κ1) is 14.3. The van der Waals surface area contributed by atoms with Crippen molar-refractivity contribution in [1.29, 1.82) is 0 Å². The molecular formula is C13H27N3O. The first-order chi connectivity index (χ1) is 7.70. The average molecular weight is 241 g/mol. The van der Waals surface area contributed by atoms with E-state index in [0.29, 0.717) is 0 Å². The maximum absolute atomic E-state index is 11.7. The molecule has 0 saturated carbocycles. The molecule has 0 radical (unpaired) electrons. The van der Waals surface area contributed by atoms with Crippen LogP contribution in [0.4, 0.5) is 4.79 Å². The summed E-state index contributed by atoms with van der Waals surface area (Å²) in [5.41, 5.74) is 0.0828. The van der Waals surface area contributed by atoms with Gasteiger partial charge in [0.25, 0.3) is 0 Å². The van der Waals surface area contributed by atoms with Crippen LogP contribution in [0.1, 0.15) is 40.5 Å². The molecule has 0 aromatic carbocycles. The van der Waals surface area contributed by atoms with Crippen LogP contribution in [-0.4, -0.2) is 43.2 Å². The second-order valence-corrected chi connectivity index (χ2v) is 6.67. The van der Waals surface area contributed by atoms with Crippen molar-refractivity contribution in [3.8, 4) is 0 Å². The van der Waals surface area contributed by atoms with Gasteiger partial charge in [0.2, 0.25) is 0 Å². The van der Waals surface area contributed by atoms with E-state index in [0.717, 1.165) is 32.5 Å². The summed E-state index contributed by atoms with van der Waals surface area (Å²) in [5.74, 6) is 0. The molecule has 0 aliphatic carbocycles. The molecule has 1 rings (SSSR count). The lowest BCUT2D eigenvalue weighted by Crippen LogP contribution is -2.50. The van der Waals surface area contributed by atoms with Gasteiger partial charge in [0.15, 0.2) is 0 Å². The second-order valence-electron chi connectivity index (χ2n) is 6.67. The van der Waals surface area contributed by atoms with Crippen molar-refractivity contribution in [3.05, 3.63) is 0 Å². The van der Waals surface area contributed by atoms with Crippen molar-refractivity contribution < 1.29 is 4.79 Å². The van der Waals surface area contributed by atoms with Gasteiger partial charge in [0, 0.05) is 12.1 Å². The van der Waals surface area contributed by atoms with Gasteiger partial charge in [0.05, 0.1) is 0 Å². The third kappa shape index (κ3) is 5.39. The zero-order valence-electron chi connectivity index (χ0n) is 11.9. The Bertz CT molecular complexity index is 262. The first-order valence-electron chi connectivity index (χ1n) is 6.45. The predicted molar refractivity (Wildman–Crippen MR) is 71.1 cm³/mol. The number of hydrogen-bond donors (Lipinski definition) is 2. The summed E-state index contributed by atoms with van der Waals surface area (Å²) in [4.78, 5) is 14.0. The van der Waals surface area contributed by atoms with Crippen molar-refractivity contribution in [2.45, 2.75) is 46.1 Å². The normalized spacial score (nSPS) is 21.0. The van der Waals surface area contributed by atoms with Crippen molar-refractivity contribution in [1.82, 2.24) is 15.5 Å². The maximum atomic E-state index is 11.7. The molecule has 4 heteroatoms. The third-order valence-corrected chi connectivity index (χ3v) is 3.36. The van der Waals surface area contributed by atoms with Crippen LogP contribution in [0.2, 0.25) is 0 Å². The number of hydrogen-bond acceptors (Lipinski definition) is 2. The van der Waals surface area contributed by atoms with Crippen molar-refractivity contribution in [3.63, 3.8) is 0 Å². The van der Waals surface area contributed by atoms with Gasteiger partial charge in [-0.15, -0.1) is 0 Å². The fourth-order valence-corrected chi connectivity index (χ4v) is 2.01. The molecule has 17 heavy (non-hydrogen) atoms. The molecule has 2 N–H and O–H groups in total. The minimum atomic E-state index is -0.169. The fraction of sp³-hybridized carbons (Fsp3) is 0.923. The highest BCUT2D eigenvalue weighted by atomic mass is 16.2. The van der Waals surface area contributed by atoms with E-state index in [9.17, 15) is 4.79 Å². The van der Waals surface area contributed by atoms with Crippen LogP contribution >= 0.6 is 0 Å². The Balaban J connectivity index is 2.32. The molecule has 1 fully saturated rings. The molecule has 2 amide bonds. The summed E-state index contributed by atoms with van der Waals surface area (Å²) in [5, 5.41) is 5.92. The van der Waals surface area contributed by atoms with E-state index < -0.39 is 0 Å². The minimum Gasteiger partial charge on any atom is -0.338 e. The fourth-order valence-electron chi connectivity index (χ4n) is 2.01. The summed E-state index contributed by atoms with van der Waals surface area (Å²) in [7, 11) is 2.15. The van der Waals surface area contributed by atoms with Gasteiger partial charge in [-0.1, -0.05) is 6.92 Å². The molecule has 0 aromatic heterocycles. The van der Waals surface area contributed by atoms with E-state index in [1.54, 1.807) is 0 Å². The monoisotopic (exact) mass is 241 g/mol. The number of piperidine rings is 1. The van der Waals surface area contributed by atoms with Crippen LogP contribution in [0.25, 0.3) is 0 Å². The molecule has 1 saturated heterocycles. The van der Waals surface area contributed by atoms with Crippen molar-refractivity contribution in [2.75, 3.05) is 26.7 Å². The zero-order valence-corrected chi connectivity index (χ0v) is 11.9. The number of carbonyl (C=O) groups is 1. The molecule has 1 aliphatic rings. The van der Waals surface area contributed by atoms with Crippen molar-refractivity contribution >= 4 is 6.03 Å². The quantitative estimate of drug-likeness (QED) is 0.774. The van der Waals surface area contributed by atoms with Gasteiger partial charge in [-0.2, -0.15) is 0 Å². The number of carbonyl (C=O) groups excluding carboxylic acids is 1. The zero-order chi connectivity index (χ0) is 13.1. The van der Waals surface area contributed by atoms with Gasteiger partial charge >= 0.3 is 6.03 Å². The van der Waals surface area contributed by atoms with Crippen LogP contribution in [0.15, 0.2) is 0 Å². The molecule has 100 valence electrons. The van der Waals surface area contributed by atoms with Crippen LogP contribution in [-0.2, 0) is 0 Å². The molecule has 0 spiro atoms. The van der Waals surface area contributed by atoms with Crippen LogP contribution in [0.3, 0.4) is 0 Å². The Hall–Kier alpha value is -0.770. The SMILES string of the molecule is CN1CCC(C)(CNC(=O)NC(C)(C)C)CC1. The summed E-state index contributed by atoms with van der Waals surface area (Å²) in [6.07, 6.45) is 2.30. The molecule has 4 nitrogen and oxygen atoms in total. The first-order valence-corrected chi connectivity index (χ1v) is 6.45. The van der Waals surface area contributed by atoms with Gasteiger partial charge in [-0.25, -0.2) is 4.79 Å². The summed E-state index contributed by atoms with van der Waals surface area (Å²) < 4.78 is 0. The lowest BCUT2D eigenvalue weighted by atomic mass is 9.80. The highest BCUT2D eigenvalue weighted by Crippen LogP contribution is 2.29. The maximum Gasteiger partial charge on any atom is 0.315 e. The Labute approximate surface area is 105 Å². The lowest BCUT2D eigenvalue weighted by Gasteiger charge is -2.38. The summed E-state index contributed by atoms with van der Waals surface area (Å²) in [6.45, 7) is 11.2. The number of amides is 2. The minimum absolute atomic E-state index is 0.0577. The predicted octanol–water partition coefficient (Wildman–Crippen LogP) is 1.82. The van der Waals surface area contributed by atoms with E-state index >= 15 is 0 Å². The van der Waals surface area contributed by atoms with E-state index in [1.165, 1.54) is 0 Å². The summed E-state index contributed by atoms with van der Waals surface area (Å²) in [6, 6.07) is -0.0577. The Morgan fingerprint density at radius 3 is 2.29 bits per heavy atom. The number of urea groups is 1. The lowest BCUT2D eigenvalue weighted by molar-refractivity contribution is 0.137. The number of likely N-dealkylation sites (tertiary alicyclic amines) is 1. The molecule has 0 aromatic rings.